The Bertz CT molecular complexity index is 746. The zero-order chi connectivity index (χ0) is 17.1. The predicted molar refractivity (Wildman–Crippen MR) is 88.7 cm³/mol. The molecule has 0 saturated carbocycles. The number of halogens is 1. The molecule has 0 bridgehead atoms. The number of nitro benzene ring substituents is 1. The number of hydrogen-bond acceptors (Lipinski definition) is 5. The lowest BCUT2D eigenvalue weighted by Gasteiger charge is -2.36. The van der Waals surface area contributed by atoms with Gasteiger partial charge in [0.2, 0.25) is 0 Å². The van der Waals surface area contributed by atoms with Crippen molar-refractivity contribution in [2.75, 3.05) is 31.1 Å². The van der Waals surface area contributed by atoms with Crippen LogP contribution in [0.4, 0.5) is 15.8 Å². The third-order valence-corrected chi connectivity index (χ3v) is 4.21. The Morgan fingerprint density at radius 2 is 1.83 bits per heavy atom. The van der Waals surface area contributed by atoms with Gasteiger partial charge in [0.15, 0.2) is 5.75 Å². The molecule has 1 N–H and O–H groups in total. The van der Waals surface area contributed by atoms with Crippen LogP contribution in [-0.4, -0.2) is 41.1 Å². The molecule has 0 aromatic heterocycles. The number of phenolic OH excluding ortho intramolecular Hbond substituents is 1. The standard InChI is InChI=1S/C17H18FN3O3/c18-14-3-1-2-4-15(14)20-9-7-19(8-10-20)12-13-5-6-17(22)16(11-13)21(23)24/h1-6,11,22H,7-10,12H2. The molecule has 0 spiro atoms. The van der Waals surface area contributed by atoms with Crippen LogP contribution in [0.3, 0.4) is 0 Å². The molecule has 1 aliphatic heterocycles. The van der Waals surface area contributed by atoms with Gasteiger partial charge in [-0.15, -0.1) is 0 Å². The van der Waals surface area contributed by atoms with Crippen LogP contribution < -0.4 is 4.90 Å². The molecule has 2 aromatic carbocycles. The van der Waals surface area contributed by atoms with Crippen molar-refractivity contribution in [1.29, 1.82) is 0 Å². The smallest absolute Gasteiger partial charge is 0.311 e. The average molecular weight is 331 g/mol. The topological polar surface area (TPSA) is 69.9 Å². The third-order valence-electron chi connectivity index (χ3n) is 4.21. The zero-order valence-corrected chi connectivity index (χ0v) is 13.1. The molecular weight excluding hydrogens is 313 g/mol. The van der Waals surface area contributed by atoms with Crippen molar-refractivity contribution in [3.05, 3.63) is 64.0 Å². The van der Waals surface area contributed by atoms with Crippen LogP contribution in [0.5, 0.6) is 5.75 Å². The van der Waals surface area contributed by atoms with Gasteiger partial charge in [0.25, 0.3) is 0 Å². The van der Waals surface area contributed by atoms with Crippen molar-refractivity contribution in [2.45, 2.75) is 6.54 Å². The highest BCUT2D eigenvalue weighted by molar-refractivity contribution is 5.49. The molecule has 0 radical (unpaired) electrons. The Hall–Kier alpha value is -2.67. The van der Waals surface area contributed by atoms with Gasteiger partial charge in [0.1, 0.15) is 5.82 Å². The van der Waals surface area contributed by atoms with E-state index in [-0.39, 0.29) is 17.3 Å². The first-order valence-electron chi connectivity index (χ1n) is 7.73. The van der Waals surface area contributed by atoms with Crippen LogP contribution >= 0.6 is 0 Å². The lowest BCUT2D eigenvalue weighted by molar-refractivity contribution is -0.385. The Morgan fingerprint density at radius 1 is 1.12 bits per heavy atom. The number of nitro groups is 1. The summed E-state index contributed by atoms with van der Waals surface area (Å²) in [6.45, 7) is 3.43. The monoisotopic (exact) mass is 331 g/mol. The Balaban J connectivity index is 1.63. The summed E-state index contributed by atoms with van der Waals surface area (Å²) in [5.74, 6) is -0.548. The molecule has 24 heavy (non-hydrogen) atoms. The fourth-order valence-electron chi connectivity index (χ4n) is 2.93. The highest BCUT2D eigenvalue weighted by atomic mass is 19.1. The molecule has 3 rings (SSSR count). The fraction of sp³-hybridized carbons (Fsp3) is 0.294. The van der Waals surface area contributed by atoms with Crippen molar-refractivity contribution in [1.82, 2.24) is 4.90 Å². The van der Waals surface area contributed by atoms with E-state index in [9.17, 15) is 19.6 Å². The van der Waals surface area contributed by atoms with Gasteiger partial charge in [0, 0.05) is 38.8 Å². The molecule has 1 heterocycles. The van der Waals surface area contributed by atoms with Crippen LogP contribution in [0.15, 0.2) is 42.5 Å². The largest absolute Gasteiger partial charge is 0.502 e. The number of rotatable bonds is 4. The first-order valence-corrected chi connectivity index (χ1v) is 7.73. The molecule has 1 fully saturated rings. The molecule has 0 amide bonds. The summed E-state index contributed by atoms with van der Waals surface area (Å²) in [4.78, 5) is 14.5. The van der Waals surface area contributed by atoms with Gasteiger partial charge in [-0.05, 0) is 23.8 Å². The van der Waals surface area contributed by atoms with Crippen molar-refractivity contribution < 1.29 is 14.4 Å². The second-order valence-electron chi connectivity index (χ2n) is 5.79. The Morgan fingerprint density at radius 3 is 2.50 bits per heavy atom. The lowest BCUT2D eigenvalue weighted by Crippen LogP contribution is -2.46. The molecular formula is C17H18FN3O3. The number of piperazine rings is 1. The van der Waals surface area contributed by atoms with Crippen molar-refractivity contribution in [3.8, 4) is 5.75 Å². The normalized spacial score (nSPS) is 15.5. The van der Waals surface area contributed by atoms with E-state index in [4.69, 9.17) is 0 Å². The van der Waals surface area contributed by atoms with E-state index in [2.05, 4.69) is 4.90 Å². The second-order valence-corrected chi connectivity index (χ2v) is 5.79. The quantitative estimate of drug-likeness (QED) is 0.689. The number of aromatic hydroxyl groups is 1. The SMILES string of the molecule is O=[N+]([O-])c1cc(CN2CCN(c3ccccc3F)CC2)ccc1O. The van der Waals surface area contributed by atoms with E-state index in [0.29, 0.717) is 25.3 Å². The van der Waals surface area contributed by atoms with Gasteiger partial charge < -0.3 is 10.0 Å². The maximum absolute atomic E-state index is 13.8. The van der Waals surface area contributed by atoms with Crippen LogP contribution in [0.25, 0.3) is 0 Å². The number of hydrogen-bond donors (Lipinski definition) is 1. The van der Waals surface area contributed by atoms with Crippen molar-refractivity contribution in [2.24, 2.45) is 0 Å². The summed E-state index contributed by atoms with van der Waals surface area (Å²) in [6, 6.07) is 11.2. The molecule has 0 aliphatic carbocycles. The number of para-hydroxylation sites is 1. The third kappa shape index (κ3) is 3.46. The lowest BCUT2D eigenvalue weighted by atomic mass is 10.1. The fourth-order valence-corrected chi connectivity index (χ4v) is 2.93. The molecule has 2 aromatic rings. The molecule has 0 unspecified atom stereocenters. The average Bonchev–Trinajstić information content (AvgIpc) is 2.58. The summed E-state index contributed by atoms with van der Waals surface area (Å²) in [6.07, 6.45) is 0. The molecule has 0 atom stereocenters. The predicted octanol–water partition coefficient (Wildman–Crippen LogP) is 2.76. The molecule has 1 aliphatic rings. The maximum atomic E-state index is 13.8. The Kier molecular flexibility index (Phi) is 4.61. The Labute approximate surface area is 138 Å². The summed E-state index contributed by atoms with van der Waals surface area (Å²) >= 11 is 0. The van der Waals surface area contributed by atoms with E-state index >= 15 is 0 Å². The summed E-state index contributed by atoms with van der Waals surface area (Å²) in [7, 11) is 0. The van der Waals surface area contributed by atoms with Gasteiger partial charge in [-0.25, -0.2) is 4.39 Å². The molecule has 126 valence electrons. The van der Waals surface area contributed by atoms with E-state index in [1.54, 1.807) is 18.2 Å². The summed E-state index contributed by atoms with van der Waals surface area (Å²) in [5.41, 5.74) is 1.11. The van der Waals surface area contributed by atoms with Crippen LogP contribution in [0, 0.1) is 15.9 Å². The van der Waals surface area contributed by atoms with Crippen molar-refractivity contribution >= 4 is 11.4 Å². The molecule has 7 heteroatoms. The first-order chi connectivity index (χ1) is 11.5. The number of benzene rings is 2. The van der Waals surface area contributed by atoms with Gasteiger partial charge in [-0.1, -0.05) is 18.2 Å². The zero-order valence-electron chi connectivity index (χ0n) is 13.1. The van der Waals surface area contributed by atoms with Gasteiger partial charge in [-0.3, -0.25) is 15.0 Å². The van der Waals surface area contributed by atoms with E-state index < -0.39 is 4.92 Å². The van der Waals surface area contributed by atoms with Crippen LogP contribution in [-0.2, 0) is 6.54 Å². The highest BCUT2D eigenvalue weighted by Gasteiger charge is 2.20. The second kappa shape index (κ2) is 6.84. The van der Waals surface area contributed by atoms with Crippen LogP contribution in [0.2, 0.25) is 0 Å². The minimum atomic E-state index is -0.588. The molecule has 6 nitrogen and oxygen atoms in total. The highest BCUT2D eigenvalue weighted by Crippen LogP contribution is 2.27. The van der Waals surface area contributed by atoms with E-state index in [0.717, 1.165) is 18.7 Å². The first kappa shape index (κ1) is 16.2. The van der Waals surface area contributed by atoms with E-state index in [1.807, 2.05) is 11.0 Å². The minimum absolute atomic E-state index is 0.222. The van der Waals surface area contributed by atoms with Crippen LogP contribution in [0.1, 0.15) is 5.56 Å². The maximum Gasteiger partial charge on any atom is 0.311 e. The minimum Gasteiger partial charge on any atom is -0.502 e. The van der Waals surface area contributed by atoms with Gasteiger partial charge in [0.05, 0.1) is 10.6 Å². The van der Waals surface area contributed by atoms with Gasteiger partial charge in [-0.2, -0.15) is 0 Å². The summed E-state index contributed by atoms with van der Waals surface area (Å²) in [5, 5.41) is 20.4. The van der Waals surface area contributed by atoms with E-state index in [1.165, 1.54) is 18.2 Å². The number of anilines is 1. The van der Waals surface area contributed by atoms with Crippen molar-refractivity contribution in [3.63, 3.8) is 0 Å². The number of phenols is 1. The van der Waals surface area contributed by atoms with Gasteiger partial charge >= 0.3 is 5.69 Å². The summed E-state index contributed by atoms with van der Waals surface area (Å²) < 4.78 is 13.8. The molecule has 1 saturated heterocycles. The number of nitrogens with zero attached hydrogens (tertiary/aromatic N) is 3.